The summed E-state index contributed by atoms with van der Waals surface area (Å²) in [5, 5.41) is 12.8. The Hall–Kier alpha value is -2.21. The lowest BCUT2D eigenvalue weighted by molar-refractivity contribution is -0.729. The van der Waals surface area contributed by atoms with Crippen molar-refractivity contribution in [2.45, 2.75) is 64.6 Å². The largest absolute Gasteiger partial charge is 0.343 e. The van der Waals surface area contributed by atoms with Gasteiger partial charge in [0.15, 0.2) is 0 Å². The first-order valence-electron chi connectivity index (χ1n) is 12.1. The van der Waals surface area contributed by atoms with Crippen molar-refractivity contribution in [3.05, 3.63) is 60.2 Å². The van der Waals surface area contributed by atoms with E-state index in [0.717, 1.165) is 43.5 Å². The predicted molar refractivity (Wildman–Crippen MR) is 132 cm³/mol. The van der Waals surface area contributed by atoms with Gasteiger partial charge in [0.1, 0.15) is 6.04 Å². The molecule has 0 aliphatic rings. The molecule has 5 heteroatoms. The van der Waals surface area contributed by atoms with Crippen molar-refractivity contribution in [3.63, 3.8) is 0 Å². The van der Waals surface area contributed by atoms with E-state index in [1.807, 2.05) is 42.7 Å². The van der Waals surface area contributed by atoms with Gasteiger partial charge in [0.2, 0.25) is 12.1 Å². The molecule has 32 heavy (non-hydrogen) atoms. The third-order valence-electron chi connectivity index (χ3n) is 6.11. The van der Waals surface area contributed by atoms with Gasteiger partial charge in [0.25, 0.3) is 0 Å². The summed E-state index contributed by atoms with van der Waals surface area (Å²) >= 11 is 0. The number of carbonyl (C=O) groups is 1. The third-order valence-corrected chi connectivity index (χ3v) is 6.11. The number of unbranched alkanes of at least 4 members (excludes halogenated alkanes) is 4. The Balaban J connectivity index is 1.87. The van der Waals surface area contributed by atoms with E-state index in [1.165, 1.54) is 18.4 Å². The second kappa shape index (κ2) is 14.0. The molecule has 0 fully saturated rings. The molecule has 2 atom stereocenters. The summed E-state index contributed by atoms with van der Waals surface area (Å²) in [5.74, 6) is 0.200. The number of aliphatic hydroxyl groups is 1. The highest BCUT2D eigenvalue weighted by Crippen LogP contribution is 2.20. The maximum absolute atomic E-state index is 13.0. The summed E-state index contributed by atoms with van der Waals surface area (Å²) in [5.41, 5.74) is 8.83. The molecule has 0 aliphatic carbocycles. The number of nitrogens with two attached hydrogens (primary N) is 2. The van der Waals surface area contributed by atoms with Crippen molar-refractivity contribution in [2.75, 3.05) is 20.1 Å². The first-order chi connectivity index (χ1) is 15.4. The standard InChI is InChI=1S/C27H41N3O2/c1-21(2)26(27(32)29-19-11-6-4-5-10-18-28)30(3)25(31)20-22-14-16-24(17-15-22)23-12-8-7-9-13-23/h7-9,12-17,21,26-27,29,32H,4-6,10-11,18-20,28H2,1-3H3/p+1. The van der Waals surface area contributed by atoms with Gasteiger partial charge in [-0.3, -0.25) is 4.79 Å². The van der Waals surface area contributed by atoms with E-state index < -0.39 is 6.23 Å². The van der Waals surface area contributed by atoms with Gasteiger partial charge in [-0.2, -0.15) is 0 Å². The molecule has 2 aromatic rings. The van der Waals surface area contributed by atoms with Crippen LogP contribution in [0.5, 0.6) is 0 Å². The zero-order valence-electron chi connectivity index (χ0n) is 20.0. The van der Waals surface area contributed by atoms with Crippen molar-refractivity contribution in [1.29, 1.82) is 0 Å². The number of nitrogens with zero attached hydrogens (tertiary/aromatic N) is 1. The second-order valence-electron chi connectivity index (χ2n) is 9.05. The van der Waals surface area contributed by atoms with Crippen LogP contribution in [0, 0.1) is 5.92 Å². The highest BCUT2D eigenvalue weighted by atomic mass is 16.3. The number of benzene rings is 2. The molecule has 0 aliphatic heterocycles. The molecule has 176 valence electrons. The van der Waals surface area contributed by atoms with Crippen LogP contribution in [0.15, 0.2) is 54.6 Å². The monoisotopic (exact) mass is 440 g/mol. The Morgan fingerprint density at radius 1 is 0.938 bits per heavy atom. The van der Waals surface area contributed by atoms with Crippen molar-refractivity contribution in [3.8, 4) is 11.1 Å². The SMILES string of the molecule is CC(C)C(C(O)[NH2+]CCCCCCCN)N(C)C(=O)Cc1ccc(-c2ccccc2)cc1. The molecule has 0 saturated heterocycles. The number of hydrogen-bond acceptors (Lipinski definition) is 3. The van der Waals surface area contributed by atoms with E-state index in [1.54, 1.807) is 4.90 Å². The summed E-state index contributed by atoms with van der Waals surface area (Å²) in [4.78, 5) is 14.7. The fourth-order valence-electron chi connectivity index (χ4n) is 4.23. The summed E-state index contributed by atoms with van der Waals surface area (Å²) in [6.07, 6.45) is 5.40. The molecular weight excluding hydrogens is 398 g/mol. The fourth-order valence-corrected chi connectivity index (χ4v) is 4.23. The number of aliphatic hydroxyl groups excluding tert-OH is 1. The molecular formula is C27H42N3O2+. The number of quaternary nitrogens is 1. The number of hydrogen-bond donors (Lipinski definition) is 3. The maximum Gasteiger partial charge on any atom is 0.227 e. The topological polar surface area (TPSA) is 83.2 Å². The van der Waals surface area contributed by atoms with Gasteiger partial charge in [-0.25, -0.2) is 0 Å². The van der Waals surface area contributed by atoms with Crippen molar-refractivity contribution < 1.29 is 15.2 Å². The molecule has 0 heterocycles. The van der Waals surface area contributed by atoms with E-state index >= 15 is 0 Å². The molecule has 0 bridgehead atoms. The molecule has 2 rings (SSSR count). The zero-order valence-corrected chi connectivity index (χ0v) is 20.0. The normalized spacial score (nSPS) is 13.2. The Morgan fingerprint density at radius 3 is 2.16 bits per heavy atom. The highest BCUT2D eigenvalue weighted by Gasteiger charge is 2.32. The van der Waals surface area contributed by atoms with E-state index in [0.29, 0.717) is 6.42 Å². The van der Waals surface area contributed by atoms with Crippen LogP contribution in [0.25, 0.3) is 11.1 Å². The molecule has 0 saturated carbocycles. The molecule has 5 N–H and O–H groups in total. The highest BCUT2D eigenvalue weighted by molar-refractivity contribution is 5.79. The van der Waals surface area contributed by atoms with Gasteiger partial charge >= 0.3 is 0 Å². The van der Waals surface area contributed by atoms with E-state index in [9.17, 15) is 9.90 Å². The van der Waals surface area contributed by atoms with Crippen molar-refractivity contribution >= 4 is 5.91 Å². The predicted octanol–water partition coefficient (Wildman–Crippen LogP) is 3.17. The Kier molecular flexibility index (Phi) is 11.4. The van der Waals surface area contributed by atoms with Crippen LogP contribution in [0.3, 0.4) is 0 Å². The Bertz CT molecular complexity index is 777. The molecule has 1 amide bonds. The molecule has 5 nitrogen and oxygen atoms in total. The van der Waals surface area contributed by atoms with Crippen LogP contribution in [0.2, 0.25) is 0 Å². The minimum absolute atomic E-state index is 0.0328. The second-order valence-corrected chi connectivity index (χ2v) is 9.05. The summed E-state index contributed by atoms with van der Waals surface area (Å²) < 4.78 is 0. The lowest BCUT2D eigenvalue weighted by atomic mass is 9.99. The Labute approximate surface area is 194 Å². The van der Waals surface area contributed by atoms with Gasteiger partial charge in [-0.15, -0.1) is 0 Å². The smallest absolute Gasteiger partial charge is 0.227 e. The zero-order chi connectivity index (χ0) is 23.3. The van der Waals surface area contributed by atoms with Crippen molar-refractivity contribution in [1.82, 2.24) is 4.90 Å². The molecule has 0 radical (unpaired) electrons. The van der Waals surface area contributed by atoms with Crippen LogP contribution in [-0.4, -0.2) is 48.3 Å². The minimum atomic E-state index is -0.617. The van der Waals surface area contributed by atoms with Crippen LogP contribution in [0.4, 0.5) is 0 Å². The first-order valence-corrected chi connectivity index (χ1v) is 12.1. The minimum Gasteiger partial charge on any atom is -0.343 e. The van der Waals surface area contributed by atoms with Gasteiger partial charge in [0, 0.05) is 7.05 Å². The van der Waals surface area contributed by atoms with Crippen LogP contribution >= 0.6 is 0 Å². The van der Waals surface area contributed by atoms with E-state index in [2.05, 4.69) is 38.1 Å². The summed E-state index contributed by atoms with van der Waals surface area (Å²) in [6, 6.07) is 18.2. The van der Waals surface area contributed by atoms with E-state index in [-0.39, 0.29) is 17.9 Å². The molecule has 0 spiro atoms. The lowest BCUT2D eigenvalue weighted by Crippen LogP contribution is -2.94. The quantitative estimate of drug-likeness (QED) is 0.312. The van der Waals surface area contributed by atoms with Gasteiger partial charge in [-0.1, -0.05) is 81.3 Å². The number of rotatable bonds is 14. The van der Waals surface area contributed by atoms with Crippen LogP contribution < -0.4 is 11.1 Å². The van der Waals surface area contributed by atoms with Crippen molar-refractivity contribution in [2.24, 2.45) is 11.7 Å². The van der Waals surface area contributed by atoms with Gasteiger partial charge < -0.3 is 21.1 Å². The molecule has 2 unspecified atom stereocenters. The number of carbonyl (C=O) groups excluding carboxylic acids is 1. The average Bonchev–Trinajstić information content (AvgIpc) is 2.79. The molecule has 2 aromatic carbocycles. The van der Waals surface area contributed by atoms with Gasteiger partial charge in [-0.05, 0) is 48.4 Å². The molecule has 0 aromatic heterocycles. The lowest BCUT2D eigenvalue weighted by Gasteiger charge is -2.33. The van der Waals surface area contributed by atoms with Crippen LogP contribution in [-0.2, 0) is 11.2 Å². The maximum atomic E-state index is 13.0. The van der Waals surface area contributed by atoms with Gasteiger partial charge in [0.05, 0.1) is 13.0 Å². The number of amides is 1. The Morgan fingerprint density at radius 2 is 1.53 bits per heavy atom. The van der Waals surface area contributed by atoms with E-state index in [4.69, 9.17) is 5.73 Å². The fraction of sp³-hybridized carbons (Fsp3) is 0.519. The van der Waals surface area contributed by atoms with Crippen LogP contribution in [0.1, 0.15) is 51.5 Å². The average molecular weight is 441 g/mol. The third kappa shape index (κ3) is 8.38. The summed E-state index contributed by atoms with van der Waals surface area (Å²) in [7, 11) is 1.81. The first kappa shape index (κ1) is 26.0. The summed E-state index contributed by atoms with van der Waals surface area (Å²) in [6.45, 7) is 5.76. The number of likely N-dealkylation sites (N-methyl/N-ethyl adjacent to an activating group) is 1.